The molecule has 2 aromatic carbocycles. The molecule has 0 spiro atoms. The molecule has 188 valence electrons. The van der Waals surface area contributed by atoms with E-state index in [9.17, 15) is 18.0 Å². The highest BCUT2D eigenvalue weighted by Gasteiger charge is 2.31. The minimum Gasteiger partial charge on any atom is -0.406 e. The van der Waals surface area contributed by atoms with Gasteiger partial charge in [0, 0.05) is 23.5 Å². The lowest BCUT2D eigenvalue weighted by molar-refractivity contribution is -0.274. The van der Waals surface area contributed by atoms with E-state index in [-0.39, 0.29) is 11.7 Å². The number of amides is 1. The number of carbonyl (C=O) groups is 1. The molecule has 0 aliphatic heterocycles. The fourth-order valence-corrected chi connectivity index (χ4v) is 4.45. The van der Waals surface area contributed by atoms with E-state index in [4.69, 9.17) is 22.3 Å². The number of carbonyl (C=O) groups excluding carboxylic acids is 1. The molecule has 11 heteroatoms. The van der Waals surface area contributed by atoms with E-state index in [2.05, 4.69) is 10.1 Å². The SMILES string of the molecule is CCNC(=O)C(N)CCCn1c(-c2ccc(OC(F)(F)F)cc2)csc1=NCc1ccc(Cl)cc1. The Kier molecular flexibility index (Phi) is 9.36. The zero-order valence-electron chi connectivity index (χ0n) is 19.0. The van der Waals surface area contributed by atoms with E-state index < -0.39 is 12.4 Å². The minimum absolute atomic E-state index is 0.198. The number of hydrogen-bond acceptors (Lipinski definition) is 5. The number of nitrogens with one attached hydrogen (secondary N) is 1. The van der Waals surface area contributed by atoms with Crippen molar-refractivity contribution in [3.05, 3.63) is 69.3 Å². The van der Waals surface area contributed by atoms with Gasteiger partial charge in [0.1, 0.15) is 5.75 Å². The number of likely N-dealkylation sites (N-methyl/N-ethyl adjacent to an activating group) is 1. The summed E-state index contributed by atoms with van der Waals surface area (Å²) in [5, 5.41) is 5.26. The topological polar surface area (TPSA) is 81.6 Å². The van der Waals surface area contributed by atoms with Crippen molar-refractivity contribution < 1.29 is 22.7 Å². The molecule has 0 saturated carbocycles. The Morgan fingerprint density at radius 1 is 1.20 bits per heavy atom. The second-order valence-electron chi connectivity index (χ2n) is 7.71. The van der Waals surface area contributed by atoms with Gasteiger partial charge in [-0.1, -0.05) is 23.7 Å². The predicted octanol–water partition coefficient (Wildman–Crippen LogP) is 5.11. The first-order chi connectivity index (χ1) is 16.7. The average Bonchev–Trinajstić information content (AvgIpc) is 3.21. The van der Waals surface area contributed by atoms with Crippen LogP contribution in [0.25, 0.3) is 11.3 Å². The molecule has 1 aromatic heterocycles. The fourth-order valence-electron chi connectivity index (χ4n) is 3.38. The second kappa shape index (κ2) is 12.2. The number of hydrogen-bond donors (Lipinski definition) is 2. The van der Waals surface area contributed by atoms with E-state index in [0.29, 0.717) is 37.5 Å². The average molecular weight is 527 g/mol. The maximum Gasteiger partial charge on any atom is 0.573 e. The molecular formula is C24H26ClF3N4O2S. The van der Waals surface area contributed by atoms with Crippen LogP contribution in [0.2, 0.25) is 5.02 Å². The third-order valence-electron chi connectivity index (χ3n) is 5.08. The second-order valence-corrected chi connectivity index (χ2v) is 8.99. The summed E-state index contributed by atoms with van der Waals surface area (Å²) in [6, 6.07) is 12.5. The molecule has 6 nitrogen and oxygen atoms in total. The van der Waals surface area contributed by atoms with Crippen molar-refractivity contribution in [2.24, 2.45) is 10.7 Å². The number of benzene rings is 2. The summed E-state index contributed by atoms with van der Waals surface area (Å²) in [5.74, 6) is -0.487. The molecule has 0 aliphatic rings. The summed E-state index contributed by atoms with van der Waals surface area (Å²) >= 11 is 7.38. The molecule has 3 rings (SSSR count). The maximum absolute atomic E-state index is 12.5. The van der Waals surface area contributed by atoms with Gasteiger partial charge < -0.3 is 20.4 Å². The van der Waals surface area contributed by atoms with E-state index in [1.54, 1.807) is 24.3 Å². The Morgan fingerprint density at radius 2 is 1.89 bits per heavy atom. The van der Waals surface area contributed by atoms with Crippen molar-refractivity contribution in [2.75, 3.05) is 6.54 Å². The van der Waals surface area contributed by atoms with Crippen LogP contribution in [0.1, 0.15) is 25.3 Å². The standard InChI is InChI=1S/C24H26ClF3N4O2S/c1-2-30-22(33)20(29)4-3-13-32-21(17-7-11-19(12-8-17)34-24(26,27)28)15-35-23(32)31-14-16-5-9-18(25)10-6-16/h5-12,15,20H,2-4,13-14,29H2,1H3,(H,30,33). The van der Waals surface area contributed by atoms with Gasteiger partial charge in [-0.05, 0) is 67.3 Å². The van der Waals surface area contributed by atoms with Gasteiger partial charge >= 0.3 is 6.36 Å². The van der Waals surface area contributed by atoms with E-state index in [0.717, 1.165) is 21.6 Å². The van der Waals surface area contributed by atoms with Gasteiger partial charge in [0.15, 0.2) is 4.80 Å². The highest BCUT2D eigenvalue weighted by atomic mass is 35.5. The normalized spacial score (nSPS) is 13.0. The smallest absolute Gasteiger partial charge is 0.406 e. The lowest BCUT2D eigenvalue weighted by Gasteiger charge is -2.13. The summed E-state index contributed by atoms with van der Waals surface area (Å²) in [7, 11) is 0. The number of ether oxygens (including phenoxy) is 1. The highest BCUT2D eigenvalue weighted by molar-refractivity contribution is 7.07. The lowest BCUT2D eigenvalue weighted by Crippen LogP contribution is -2.40. The molecule has 3 N–H and O–H groups in total. The number of rotatable bonds is 10. The van der Waals surface area contributed by atoms with Crippen LogP contribution in [0.15, 0.2) is 58.9 Å². The quantitative estimate of drug-likeness (QED) is 0.385. The van der Waals surface area contributed by atoms with Crippen LogP contribution >= 0.6 is 22.9 Å². The molecular weight excluding hydrogens is 501 g/mol. The van der Waals surface area contributed by atoms with E-state index in [1.165, 1.54) is 23.5 Å². The van der Waals surface area contributed by atoms with Crippen molar-refractivity contribution in [3.8, 4) is 17.0 Å². The Labute approximate surface area is 210 Å². The van der Waals surface area contributed by atoms with Crippen LogP contribution in [0.3, 0.4) is 0 Å². The van der Waals surface area contributed by atoms with E-state index >= 15 is 0 Å². The van der Waals surface area contributed by atoms with Crippen molar-refractivity contribution in [2.45, 2.75) is 45.3 Å². The fraction of sp³-hybridized carbons (Fsp3) is 0.333. The van der Waals surface area contributed by atoms with Crippen molar-refractivity contribution in [3.63, 3.8) is 0 Å². The summed E-state index contributed by atoms with van der Waals surface area (Å²) in [5.41, 5.74) is 8.49. The number of thiazole rings is 1. The molecule has 0 saturated heterocycles. The molecule has 0 radical (unpaired) electrons. The van der Waals surface area contributed by atoms with Crippen LogP contribution in [0.5, 0.6) is 5.75 Å². The summed E-state index contributed by atoms with van der Waals surface area (Å²) in [6.45, 7) is 3.31. The summed E-state index contributed by atoms with van der Waals surface area (Å²) < 4.78 is 43.5. The first-order valence-electron chi connectivity index (χ1n) is 11.0. The molecule has 35 heavy (non-hydrogen) atoms. The largest absolute Gasteiger partial charge is 0.573 e. The number of nitrogens with zero attached hydrogens (tertiary/aromatic N) is 2. The number of nitrogens with two attached hydrogens (primary N) is 1. The van der Waals surface area contributed by atoms with Crippen LogP contribution < -0.4 is 20.6 Å². The molecule has 0 aliphatic carbocycles. The number of halogens is 4. The molecule has 0 fully saturated rings. The summed E-state index contributed by atoms with van der Waals surface area (Å²) in [6.07, 6.45) is -3.66. The molecule has 1 heterocycles. The zero-order valence-corrected chi connectivity index (χ0v) is 20.6. The summed E-state index contributed by atoms with van der Waals surface area (Å²) in [4.78, 5) is 17.4. The van der Waals surface area contributed by atoms with Crippen LogP contribution in [0.4, 0.5) is 13.2 Å². The minimum atomic E-state index is -4.75. The van der Waals surface area contributed by atoms with Gasteiger partial charge in [-0.25, -0.2) is 0 Å². The molecule has 1 unspecified atom stereocenters. The predicted molar refractivity (Wildman–Crippen MR) is 131 cm³/mol. The van der Waals surface area contributed by atoms with Gasteiger partial charge in [-0.2, -0.15) is 0 Å². The first kappa shape index (κ1) is 26.8. The van der Waals surface area contributed by atoms with Crippen LogP contribution in [-0.4, -0.2) is 29.4 Å². The van der Waals surface area contributed by atoms with Crippen molar-refractivity contribution >= 4 is 28.8 Å². The van der Waals surface area contributed by atoms with Gasteiger partial charge in [0.25, 0.3) is 0 Å². The van der Waals surface area contributed by atoms with Gasteiger partial charge in [0.05, 0.1) is 18.3 Å². The van der Waals surface area contributed by atoms with Crippen molar-refractivity contribution in [1.82, 2.24) is 9.88 Å². The van der Waals surface area contributed by atoms with E-state index in [1.807, 2.05) is 29.0 Å². The maximum atomic E-state index is 12.5. The number of alkyl halides is 3. The lowest BCUT2D eigenvalue weighted by atomic mass is 10.1. The molecule has 0 bridgehead atoms. The monoisotopic (exact) mass is 526 g/mol. The van der Waals surface area contributed by atoms with Crippen molar-refractivity contribution in [1.29, 1.82) is 0 Å². The highest BCUT2D eigenvalue weighted by Crippen LogP contribution is 2.27. The van der Waals surface area contributed by atoms with Crippen LogP contribution in [-0.2, 0) is 17.9 Å². The third kappa shape index (κ3) is 8.12. The van der Waals surface area contributed by atoms with Crippen LogP contribution in [0, 0.1) is 0 Å². The third-order valence-corrected chi connectivity index (χ3v) is 6.23. The Hall–Kier alpha value is -2.82. The molecule has 3 aromatic rings. The Balaban J connectivity index is 1.84. The number of aromatic nitrogens is 1. The van der Waals surface area contributed by atoms with Gasteiger partial charge in [-0.15, -0.1) is 24.5 Å². The molecule has 1 atom stereocenters. The Bertz CT molecular complexity index is 1180. The van der Waals surface area contributed by atoms with Gasteiger partial charge in [0.2, 0.25) is 5.91 Å². The Morgan fingerprint density at radius 3 is 2.51 bits per heavy atom. The van der Waals surface area contributed by atoms with Gasteiger partial charge in [-0.3, -0.25) is 9.79 Å². The first-order valence-corrected chi connectivity index (χ1v) is 12.2. The molecule has 1 amide bonds. The zero-order chi connectivity index (χ0) is 25.4.